The first-order chi connectivity index (χ1) is 8.67. The molecule has 18 heavy (non-hydrogen) atoms. The van der Waals surface area contributed by atoms with Crippen molar-refractivity contribution in [3.05, 3.63) is 34.9 Å². The van der Waals surface area contributed by atoms with Gasteiger partial charge >= 0.3 is 5.97 Å². The van der Waals surface area contributed by atoms with Crippen LogP contribution in [0.1, 0.15) is 31.7 Å². The molecule has 0 aromatic heterocycles. The van der Waals surface area contributed by atoms with Crippen molar-refractivity contribution in [1.82, 2.24) is 5.32 Å². The average molecular weight is 270 g/mol. The number of carbonyl (C=O) groups is 1. The SMILES string of the molecule is CCCCC(NCc1cccc(Cl)c1)C(=O)OC. The molecule has 0 saturated heterocycles. The maximum atomic E-state index is 11.6. The predicted molar refractivity (Wildman–Crippen MR) is 73.6 cm³/mol. The van der Waals surface area contributed by atoms with Crippen molar-refractivity contribution < 1.29 is 9.53 Å². The Bertz CT molecular complexity index is 382. The van der Waals surface area contributed by atoms with Crippen LogP contribution in [0.25, 0.3) is 0 Å². The Balaban J connectivity index is 2.53. The molecule has 0 radical (unpaired) electrons. The highest BCUT2D eigenvalue weighted by molar-refractivity contribution is 6.30. The van der Waals surface area contributed by atoms with E-state index >= 15 is 0 Å². The van der Waals surface area contributed by atoms with Crippen molar-refractivity contribution in [1.29, 1.82) is 0 Å². The summed E-state index contributed by atoms with van der Waals surface area (Å²) in [4.78, 5) is 11.6. The number of ether oxygens (including phenoxy) is 1. The lowest BCUT2D eigenvalue weighted by Crippen LogP contribution is -2.37. The highest BCUT2D eigenvalue weighted by Gasteiger charge is 2.17. The Morgan fingerprint density at radius 1 is 1.50 bits per heavy atom. The van der Waals surface area contributed by atoms with Gasteiger partial charge in [-0.15, -0.1) is 0 Å². The second kappa shape index (κ2) is 8.11. The first-order valence-electron chi connectivity index (χ1n) is 6.23. The molecular weight excluding hydrogens is 250 g/mol. The smallest absolute Gasteiger partial charge is 0.322 e. The van der Waals surface area contributed by atoms with Gasteiger partial charge in [0.25, 0.3) is 0 Å². The summed E-state index contributed by atoms with van der Waals surface area (Å²) >= 11 is 5.91. The van der Waals surface area contributed by atoms with Crippen LogP contribution in [0.2, 0.25) is 5.02 Å². The Morgan fingerprint density at radius 3 is 2.89 bits per heavy atom. The molecule has 4 heteroatoms. The van der Waals surface area contributed by atoms with Gasteiger partial charge in [0.1, 0.15) is 6.04 Å². The molecule has 0 bridgehead atoms. The minimum Gasteiger partial charge on any atom is -0.468 e. The van der Waals surface area contributed by atoms with E-state index in [1.54, 1.807) is 0 Å². The molecule has 0 amide bonds. The number of hydrogen-bond acceptors (Lipinski definition) is 3. The van der Waals surface area contributed by atoms with Crippen LogP contribution in [0.4, 0.5) is 0 Å². The van der Waals surface area contributed by atoms with Gasteiger partial charge in [0.05, 0.1) is 7.11 Å². The third-order valence-corrected chi connectivity index (χ3v) is 3.01. The standard InChI is InChI=1S/C14H20ClNO2/c1-3-4-8-13(14(17)18-2)16-10-11-6-5-7-12(15)9-11/h5-7,9,13,16H,3-4,8,10H2,1-2H3. The molecule has 1 aromatic carbocycles. The Hall–Kier alpha value is -1.06. The van der Waals surface area contributed by atoms with Gasteiger partial charge in [-0.25, -0.2) is 0 Å². The highest BCUT2D eigenvalue weighted by Crippen LogP contribution is 2.11. The molecule has 0 aliphatic rings. The molecular formula is C14H20ClNO2. The summed E-state index contributed by atoms with van der Waals surface area (Å²) in [6.07, 6.45) is 2.86. The minimum atomic E-state index is -0.242. The van der Waals surface area contributed by atoms with Gasteiger partial charge in [0.15, 0.2) is 0 Å². The van der Waals surface area contributed by atoms with Crippen LogP contribution in [-0.4, -0.2) is 19.1 Å². The molecule has 0 fully saturated rings. The summed E-state index contributed by atoms with van der Waals surface area (Å²) in [6.45, 7) is 2.72. The van der Waals surface area contributed by atoms with E-state index in [2.05, 4.69) is 12.2 Å². The zero-order chi connectivity index (χ0) is 13.4. The normalized spacial score (nSPS) is 12.2. The molecule has 3 nitrogen and oxygen atoms in total. The molecule has 0 spiro atoms. The molecule has 1 aromatic rings. The lowest BCUT2D eigenvalue weighted by Gasteiger charge is -2.16. The summed E-state index contributed by atoms with van der Waals surface area (Å²) in [5.41, 5.74) is 1.06. The van der Waals surface area contributed by atoms with Crippen molar-refractivity contribution in [2.75, 3.05) is 7.11 Å². The zero-order valence-electron chi connectivity index (χ0n) is 10.9. The van der Waals surface area contributed by atoms with Crippen LogP contribution in [0.3, 0.4) is 0 Å². The second-order valence-corrected chi connectivity index (χ2v) is 4.67. The fourth-order valence-electron chi connectivity index (χ4n) is 1.74. The van der Waals surface area contributed by atoms with Crippen molar-refractivity contribution in [3.8, 4) is 0 Å². The second-order valence-electron chi connectivity index (χ2n) is 4.23. The molecule has 1 rings (SSSR count). The maximum absolute atomic E-state index is 11.6. The number of carbonyl (C=O) groups excluding carboxylic acids is 1. The largest absolute Gasteiger partial charge is 0.468 e. The van der Waals surface area contributed by atoms with Crippen molar-refractivity contribution >= 4 is 17.6 Å². The summed E-state index contributed by atoms with van der Waals surface area (Å²) in [5, 5.41) is 3.92. The molecule has 0 aliphatic carbocycles. The van der Waals surface area contributed by atoms with E-state index in [-0.39, 0.29) is 12.0 Å². The summed E-state index contributed by atoms with van der Waals surface area (Å²) in [5.74, 6) is -0.203. The van der Waals surface area contributed by atoms with Gasteiger partial charge in [0.2, 0.25) is 0 Å². The summed E-state index contributed by atoms with van der Waals surface area (Å²) in [6, 6.07) is 7.36. The van der Waals surface area contributed by atoms with E-state index in [1.807, 2.05) is 24.3 Å². The number of unbranched alkanes of at least 4 members (excludes halogenated alkanes) is 1. The van der Waals surface area contributed by atoms with Crippen LogP contribution in [-0.2, 0) is 16.1 Å². The Kier molecular flexibility index (Phi) is 6.76. The molecule has 1 N–H and O–H groups in total. The fourth-order valence-corrected chi connectivity index (χ4v) is 1.95. The summed E-state index contributed by atoms with van der Waals surface area (Å²) < 4.78 is 4.79. The topological polar surface area (TPSA) is 38.3 Å². The van der Waals surface area contributed by atoms with Crippen molar-refractivity contribution in [2.24, 2.45) is 0 Å². The van der Waals surface area contributed by atoms with E-state index in [0.717, 1.165) is 24.8 Å². The third-order valence-electron chi connectivity index (χ3n) is 2.77. The summed E-state index contributed by atoms with van der Waals surface area (Å²) in [7, 11) is 1.42. The number of methoxy groups -OCH3 is 1. The number of rotatable bonds is 7. The van der Waals surface area contributed by atoms with E-state index in [9.17, 15) is 4.79 Å². The van der Waals surface area contributed by atoms with Crippen LogP contribution in [0, 0.1) is 0 Å². The fraction of sp³-hybridized carbons (Fsp3) is 0.500. The van der Waals surface area contributed by atoms with Crippen LogP contribution in [0.5, 0.6) is 0 Å². The van der Waals surface area contributed by atoms with Gasteiger partial charge < -0.3 is 10.1 Å². The van der Waals surface area contributed by atoms with Crippen LogP contribution >= 0.6 is 11.6 Å². The predicted octanol–water partition coefficient (Wildman–Crippen LogP) is 3.16. The van der Waals surface area contributed by atoms with Crippen LogP contribution < -0.4 is 5.32 Å². The Labute approximate surface area is 113 Å². The van der Waals surface area contributed by atoms with Gasteiger partial charge in [-0.2, -0.15) is 0 Å². The zero-order valence-corrected chi connectivity index (χ0v) is 11.7. The van der Waals surface area contributed by atoms with E-state index in [4.69, 9.17) is 16.3 Å². The molecule has 0 saturated carbocycles. The molecule has 100 valence electrons. The van der Waals surface area contributed by atoms with E-state index in [0.29, 0.717) is 11.6 Å². The third kappa shape index (κ3) is 5.07. The van der Waals surface area contributed by atoms with Gasteiger partial charge in [-0.1, -0.05) is 43.5 Å². The van der Waals surface area contributed by atoms with Gasteiger partial charge in [-0.05, 0) is 24.1 Å². The van der Waals surface area contributed by atoms with E-state index in [1.165, 1.54) is 7.11 Å². The minimum absolute atomic E-state index is 0.203. The van der Waals surface area contributed by atoms with Crippen LogP contribution in [0.15, 0.2) is 24.3 Å². The molecule has 0 aliphatic heterocycles. The number of hydrogen-bond donors (Lipinski definition) is 1. The number of benzene rings is 1. The molecule has 1 atom stereocenters. The Morgan fingerprint density at radius 2 is 2.28 bits per heavy atom. The van der Waals surface area contributed by atoms with Crippen molar-refractivity contribution in [2.45, 2.75) is 38.8 Å². The van der Waals surface area contributed by atoms with E-state index < -0.39 is 0 Å². The van der Waals surface area contributed by atoms with Gasteiger partial charge in [-0.3, -0.25) is 4.79 Å². The first kappa shape index (κ1) is 15.0. The number of halogens is 1. The van der Waals surface area contributed by atoms with Gasteiger partial charge in [0, 0.05) is 11.6 Å². The number of nitrogens with one attached hydrogen (secondary N) is 1. The molecule has 0 heterocycles. The monoisotopic (exact) mass is 269 g/mol. The average Bonchev–Trinajstić information content (AvgIpc) is 2.38. The maximum Gasteiger partial charge on any atom is 0.322 e. The van der Waals surface area contributed by atoms with Crippen molar-refractivity contribution in [3.63, 3.8) is 0 Å². The molecule has 1 unspecified atom stereocenters. The lowest BCUT2D eigenvalue weighted by molar-refractivity contribution is -0.143. The quantitative estimate of drug-likeness (QED) is 0.773. The lowest BCUT2D eigenvalue weighted by atomic mass is 10.1. The first-order valence-corrected chi connectivity index (χ1v) is 6.60. The highest BCUT2D eigenvalue weighted by atomic mass is 35.5. The number of esters is 1.